The summed E-state index contributed by atoms with van der Waals surface area (Å²) < 4.78 is 5.15. The Kier molecular flexibility index (Phi) is 6.76. The molecule has 0 aliphatic carbocycles. The second-order valence-electron chi connectivity index (χ2n) is 5.40. The number of para-hydroxylation sites is 2. The predicted octanol–water partition coefficient (Wildman–Crippen LogP) is 2.76. The molecule has 0 heterocycles. The van der Waals surface area contributed by atoms with E-state index in [9.17, 15) is 14.9 Å². The minimum absolute atomic E-state index is 0.0202. The minimum atomic E-state index is -0.435. The van der Waals surface area contributed by atoms with Crippen LogP contribution in [0.15, 0.2) is 48.5 Å². The van der Waals surface area contributed by atoms with Gasteiger partial charge in [0.2, 0.25) is 5.91 Å². The van der Waals surface area contributed by atoms with Crippen LogP contribution in [0.2, 0.25) is 0 Å². The van der Waals surface area contributed by atoms with E-state index in [1.54, 1.807) is 25.3 Å². The molecule has 0 atom stereocenters. The first-order valence-corrected chi connectivity index (χ1v) is 7.97. The van der Waals surface area contributed by atoms with Crippen molar-refractivity contribution in [1.82, 2.24) is 5.32 Å². The van der Waals surface area contributed by atoms with Gasteiger partial charge in [0.1, 0.15) is 11.4 Å². The number of hydrogen-bond acceptors (Lipinski definition) is 5. The van der Waals surface area contributed by atoms with E-state index in [0.717, 1.165) is 11.3 Å². The van der Waals surface area contributed by atoms with Crippen LogP contribution < -0.4 is 15.4 Å². The zero-order chi connectivity index (χ0) is 18.1. The molecule has 25 heavy (non-hydrogen) atoms. The van der Waals surface area contributed by atoms with Crippen LogP contribution in [-0.4, -0.2) is 31.0 Å². The van der Waals surface area contributed by atoms with E-state index >= 15 is 0 Å². The third-order valence-electron chi connectivity index (χ3n) is 3.64. The zero-order valence-electron chi connectivity index (χ0n) is 14.0. The molecule has 7 heteroatoms. The second-order valence-corrected chi connectivity index (χ2v) is 5.40. The molecule has 7 nitrogen and oxygen atoms in total. The Hall–Kier alpha value is -3.09. The van der Waals surface area contributed by atoms with Crippen molar-refractivity contribution in [2.75, 3.05) is 25.5 Å². The van der Waals surface area contributed by atoms with Crippen molar-refractivity contribution in [3.05, 3.63) is 64.2 Å². The van der Waals surface area contributed by atoms with Gasteiger partial charge in [-0.25, -0.2) is 0 Å². The number of nitro benzene ring substituents is 1. The first-order valence-electron chi connectivity index (χ1n) is 7.97. The quantitative estimate of drug-likeness (QED) is 0.415. The zero-order valence-corrected chi connectivity index (χ0v) is 14.0. The molecule has 0 spiro atoms. The first-order chi connectivity index (χ1) is 12.1. The number of methoxy groups -OCH3 is 1. The summed E-state index contributed by atoms with van der Waals surface area (Å²) in [5.74, 6) is 0.707. The van der Waals surface area contributed by atoms with Gasteiger partial charge in [-0.2, -0.15) is 0 Å². The average molecular weight is 343 g/mol. The molecule has 0 fully saturated rings. The highest BCUT2D eigenvalue weighted by molar-refractivity contribution is 5.76. The number of hydrogen-bond donors (Lipinski definition) is 2. The number of aryl methyl sites for hydroxylation is 1. The number of benzene rings is 2. The highest BCUT2D eigenvalue weighted by Gasteiger charge is 2.11. The van der Waals surface area contributed by atoms with Crippen LogP contribution in [0, 0.1) is 10.1 Å². The summed E-state index contributed by atoms with van der Waals surface area (Å²) in [6, 6.07) is 14.0. The Balaban J connectivity index is 1.71. The number of nitrogens with zero attached hydrogens (tertiary/aromatic N) is 1. The molecule has 0 saturated carbocycles. The van der Waals surface area contributed by atoms with E-state index in [2.05, 4.69) is 10.6 Å². The third-order valence-corrected chi connectivity index (χ3v) is 3.64. The van der Waals surface area contributed by atoms with Gasteiger partial charge in [-0.3, -0.25) is 14.9 Å². The Bertz CT molecular complexity index is 734. The lowest BCUT2D eigenvalue weighted by Crippen LogP contribution is -2.29. The smallest absolute Gasteiger partial charge is 0.292 e. The van der Waals surface area contributed by atoms with Crippen LogP contribution in [0.25, 0.3) is 0 Å². The van der Waals surface area contributed by atoms with Crippen LogP contribution in [0.3, 0.4) is 0 Å². The molecule has 132 valence electrons. The van der Waals surface area contributed by atoms with Crippen LogP contribution in [0.5, 0.6) is 5.75 Å². The van der Waals surface area contributed by atoms with Gasteiger partial charge in [-0.15, -0.1) is 0 Å². The SMILES string of the molecule is COc1cccc(CCC(=O)NCCNc2ccccc2[N+](=O)[O-])c1. The van der Waals surface area contributed by atoms with Crippen molar-refractivity contribution in [1.29, 1.82) is 0 Å². The molecule has 0 radical (unpaired) electrons. The van der Waals surface area contributed by atoms with Crippen molar-refractivity contribution in [2.24, 2.45) is 0 Å². The number of carbonyl (C=O) groups is 1. The summed E-state index contributed by atoms with van der Waals surface area (Å²) >= 11 is 0. The Morgan fingerprint density at radius 1 is 1.16 bits per heavy atom. The van der Waals surface area contributed by atoms with Crippen molar-refractivity contribution < 1.29 is 14.5 Å². The Morgan fingerprint density at radius 3 is 2.72 bits per heavy atom. The third kappa shape index (κ3) is 5.80. The lowest BCUT2D eigenvalue weighted by atomic mass is 10.1. The maximum absolute atomic E-state index is 11.9. The van der Waals surface area contributed by atoms with E-state index in [1.807, 2.05) is 24.3 Å². The number of ether oxygens (including phenoxy) is 1. The summed E-state index contributed by atoms with van der Waals surface area (Å²) in [7, 11) is 1.61. The molecule has 2 aromatic carbocycles. The Labute approximate surface area is 146 Å². The fraction of sp³-hybridized carbons (Fsp3) is 0.278. The number of carbonyl (C=O) groups excluding carboxylic acids is 1. The van der Waals surface area contributed by atoms with E-state index in [-0.39, 0.29) is 11.6 Å². The van der Waals surface area contributed by atoms with Gasteiger partial charge in [-0.1, -0.05) is 24.3 Å². The van der Waals surface area contributed by atoms with Crippen LogP contribution >= 0.6 is 0 Å². The molecule has 0 aromatic heterocycles. The maximum atomic E-state index is 11.9. The van der Waals surface area contributed by atoms with E-state index in [1.165, 1.54) is 6.07 Å². The molecule has 2 aromatic rings. The number of anilines is 1. The molecule has 0 aliphatic rings. The molecular weight excluding hydrogens is 322 g/mol. The predicted molar refractivity (Wildman–Crippen MR) is 95.9 cm³/mol. The van der Waals surface area contributed by atoms with Gasteiger partial charge < -0.3 is 15.4 Å². The van der Waals surface area contributed by atoms with Crippen molar-refractivity contribution in [3.8, 4) is 5.75 Å². The number of nitrogens with one attached hydrogen (secondary N) is 2. The summed E-state index contributed by atoms with van der Waals surface area (Å²) in [6.07, 6.45) is 0.999. The fourth-order valence-corrected chi connectivity index (χ4v) is 2.36. The second kappa shape index (κ2) is 9.27. The molecular formula is C18H21N3O4. The van der Waals surface area contributed by atoms with E-state index in [4.69, 9.17) is 4.74 Å². The number of nitro groups is 1. The van der Waals surface area contributed by atoms with Crippen molar-refractivity contribution >= 4 is 17.3 Å². The van der Waals surface area contributed by atoms with Gasteiger partial charge >= 0.3 is 0 Å². The van der Waals surface area contributed by atoms with Gasteiger partial charge in [-0.05, 0) is 30.2 Å². The van der Waals surface area contributed by atoms with Gasteiger partial charge in [0, 0.05) is 25.6 Å². The maximum Gasteiger partial charge on any atom is 0.292 e. The van der Waals surface area contributed by atoms with Crippen LogP contribution in [-0.2, 0) is 11.2 Å². The lowest BCUT2D eigenvalue weighted by Gasteiger charge is -2.09. The van der Waals surface area contributed by atoms with Crippen molar-refractivity contribution in [3.63, 3.8) is 0 Å². The average Bonchev–Trinajstić information content (AvgIpc) is 2.64. The monoisotopic (exact) mass is 343 g/mol. The molecule has 2 N–H and O–H groups in total. The summed E-state index contributed by atoms with van der Waals surface area (Å²) in [5.41, 5.74) is 1.50. The van der Waals surface area contributed by atoms with Gasteiger partial charge in [0.25, 0.3) is 5.69 Å². The highest BCUT2D eigenvalue weighted by atomic mass is 16.6. The normalized spacial score (nSPS) is 10.1. The molecule has 1 amide bonds. The molecule has 0 bridgehead atoms. The number of rotatable bonds is 9. The van der Waals surface area contributed by atoms with Crippen LogP contribution in [0.4, 0.5) is 11.4 Å². The van der Waals surface area contributed by atoms with E-state index in [0.29, 0.717) is 31.6 Å². The summed E-state index contributed by atoms with van der Waals surface area (Å²) in [6.45, 7) is 0.804. The van der Waals surface area contributed by atoms with Crippen molar-refractivity contribution in [2.45, 2.75) is 12.8 Å². The topological polar surface area (TPSA) is 93.5 Å². The Morgan fingerprint density at radius 2 is 1.96 bits per heavy atom. The summed E-state index contributed by atoms with van der Waals surface area (Å²) in [4.78, 5) is 22.4. The highest BCUT2D eigenvalue weighted by Crippen LogP contribution is 2.22. The standard InChI is InChI=1S/C18H21N3O4/c1-25-15-6-4-5-14(13-15)9-10-18(22)20-12-11-19-16-7-2-3-8-17(16)21(23)24/h2-8,13,19H,9-12H2,1H3,(H,20,22). The largest absolute Gasteiger partial charge is 0.497 e. The number of amides is 1. The van der Waals surface area contributed by atoms with E-state index < -0.39 is 4.92 Å². The minimum Gasteiger partial charge on any atom is -0.497 e. The lowest BCUT2D eigenvalue weighted by molar-refractivity contribution is -0.384. The summed E-state index contributed by atoms with van der Waals surface area (Å²) in [5, 5.41) is 16.7. The fourth-order valence-electron chi connectivity index (χ4n) is 2.36. The molecule has 0 unspecified atom stereocenters. The van der Waals surface area contributed by atoms with Gasteiger partial charge in [0.05, 0.1) is 12.0 Å². The molecule has 2 rings (SSSR count). The van der Waals surface area contributed by atoms with Gasteiger partial charge in [0.15, 0.2) is 0 Å². The first kappa shape index (κ1) is 18.3. The molecule has 0 aliphatic heterocycles. The van der Waals surface area contributed by atoms with Crippen LogP contribution in [0.1, 0.15) is 12.0 Å². The molecule has 0 saturated heterocycles.